The van der Waals surface area contributed by atoms with Crippen LogP contribution in [0.15, 0.2) is 74.7 Å². The fraction of sp³-hybridized carbons (Fsp3) is 0.111. The lowest BCUT2D eigenvalue weighted by molar-refractivity contribution is 0.440. The maximum absolute atomic E-state index is 12.7. The Kier molecular flexibility index (Phi) is 3.74. The van der Waals surface area contributed by atoms with Gasteiger partial charge in [0.1, 0.15) is 0 Å². The minimum Gasteiger partial charge on any atom is -0.408 e. The molecule has 110 valence electrons. The van der Waals surface area contributed by atoms with Crippen molar-refractivity contribution in [1.82, 2.24) is 4.57 Å². The zero-order chi connectivity index (χ0) is 15.5. The van der Waals surface area contributed by atoms with Gasteiger partial charge < -0.3 is 4.42 Å². The largest absolute Gasteiger partial charge is 0.422 e. The maximum atomic E-state index is 12.7. The van der Waals surface area contributed by atoms with Crippen LogP contribution in [-0.2, 0) is 6.54 Å². The van der Waals surface area contributed by atoms with Crippen molar-refractivity contribution in [3.05, 3.63) is 81.6 Å². The molecule has 4 heteroatoms. The Bertz CT molecular complexity index is 893. The molecule has 0 fully saturated rings. The summed E-state index contributed by atoms with van der Waals surface area (Å²) in [7, 11) is 0. The highest BCUT2D eigenvalue weighted by Gasteiger charge is 2.18. The van der Waals surface area contributed by atoms with Gasteiger partial charge in [-0.3, -0.25) is 4.79 Å². The molecule has 2 aromatic carbocycles. The fourth-order valence-electron chi connectivity index (χ4n) is 2.43. The molecule has 0 aliphatic carbocycles. The Morgan fingerprint density at radius 3 is 1.95 bits per heavy atom. The van der Waals surface area contributed by atoms with E-state index in [1.165, 1.54) is 0 Å². The van der Waals surface area contributed by atoms with Crippen LogP contribution in [0, 0.1) is 0 Å². The van der Waals surface area contributed by atoms with Gasteiger partial charge in [0.15, 0.2) is 5.76 Å². The summed E-state index contributed by atoms with van der Waals surface area (Å²) in [5, 5.41) is 0. The molecule has 1 heterocycles. The van der Waals surface area contributed by atoms with E-state index in [-0.39, 0.29) is 12.1 Å². The highest BCUT2D eigenvalue weighted by atomic mass is 16.4. The molecule has 0 spiro atoms. The van der Waals surface area contributed by atoms with Crippen molar-refractivity contribution in [2.45, 2.75) is 13.5 Å². The summed E-state index contributed by atoms with van der Waals surface area (Å²) in [6.45, 7) is 2.02. The van der Waals surface area contributed by atoms with Crippen LogP contribution < -0.4 is 11.3 Å². The van der Waals surface area contributed by atoms with E-state index in [0.717, 1.165) is 10.1 Å². The molecule has 0 N–H and O–H groups in total. The van der Waals surface area contributed by atoms with Gasteiger partial charge in [0, 0.05) is 12.1 Å². The molecule has 3 rings (SSSR count). The minimum absolute atomic E-state index is 0.274. The van der Waals surface area contributed by atoms with Crippen LogP contribution in [0.5, 0.6) is 0 Å². The molecule has 22 heavy (non-hydrogen) atoms. The maximum Gasteiger partial charge on any atom is 0.422 e. The van der Waals surface area contributed by atoms with Gasteiger partial charge in [-0.25, -0.2) is 9.36 Å². The number of hydrogen-bond acceptors (Lipinski definition) is 3. The van der Waals surface area contributed by atoms with E-state index in [2.05, 4.69) is 0 Å². The van der Waals surface area contributed by atoms with Gasteiger partial charge in [-0.2, -0.15) is 0 Å². The summed E-state index contributed by atoms with van der Waals surface area (Å²) < 4.78 is 6.57. The molecule has 4 nitrogen and oxygen atoms in total. The second-order valence-electron chi connectivity index (χ2n) is 4.85. The molecule has 0 unspecified atom stereocenters. The first-order valence-corrected chi connectivity index (χ1v) is 7.11. The first kappa shape index (κ1) is 14.1. The minimum atomic E-state index is -0.633. The van der Waals surface area contributed by atoms with E-state index in [0.29, 0.717) is 16.9 Å². The Morgan fingerprint density at radius 1 is 0.864 bits per heavy atom. The third-order valence-electron chi connectivity index (χ3n) is 3.51. The summed E-state index contributed by atoms with van der Waals surface area (Å²) in [6, 6.07) is 18.5. The summed E-state index contributed by atoms with van der Waals surface area (Å²) in [6.07, 6.45) is 0. The van der Waals surface area contributed by atoms with E-state index in [9.17, 15) is 9.59 Å². The number of hydrogen-bond donors (Lipinski definition) is 0. The molecule has 0 saturated carbocycles. The first-order chi connectivity index (χ1) is 10.7. The zero-order valence-electron chi connectivity index (χ0n) is 12.2. The van der Waals surface area contributed by atoms with Crippen molar-refractivity contribution in [1.29, 1.82) is 0 Å². The van der Waals surface area contributed by atoms with Crippen molar-refractivity contribution in [3.8, 4) is 22.5 Å². The first-order valence-electron chi connectivity index (χ1n) is 7.11. The van der Waals surface area contributed by atoms with E-state index < -0.39 is 5.76 Å². The number of aromatic nitrogens is 1. The van der Waals surface area contributed by atoms with Crippen LogP contribution in [0.1, 0.15) is 6.92 Å². The molecule has 0 radical (unpaired) electrons. The smallest absolute Gasteiger partial charge is 0.408 e. The van der Waals surface area contributed by atoms with Crippen LogP contribution in [0.4, 0.5) is 0 Å². The molecule has 0 aliphatic rings. The SMILES string of the molecule is CCn1c(=O)oc(-c2ccccc2)c(-c2ccccc2)c1=O. The van der Waals surface area contributed by atoms with Crippen molar-refractivity contribution in [3.63, 3.8) is 0 Å². The van der Waals surface area contributed by atoms with Crippen LogP contribution in [0.2, 0.25) is 0 Å². The van der Waals surface area contributed by atoms with Gasteiger partial charge in [-0.1, -0.05) is 60.7 Å². The van der Waals surface area contributed by atoms with Crippen LogP contribution in [0.25, 0.3) is 22.5 Å². The quantitative estimate of drug-likeness (QED) is 0.745. The number of nitrogens with zero attached hydrogens (tertiary/aromatic N) is 1. The van der Waals surface area contributed by atoms with Gasteiger partial charge in [0.05, 0.1) is 5.56 Å². The number of rotatable bonds is 3. The summed E-state index contributed by atoms with van der Waals surface area (Å²) in [5.74, 6) is -0.322. The van der Waals surface area contributed by atoms with Gasteiger partial charge in [0.25, 0.3) is 5.56 Å². The van der Waals surface area contributed by atoms with Crippen molar-refractivity contribution in [2.75, 3.05) is 0 Å². The molecule has 0 amide bonds. The average Bonchev–Trinajstić information content (AvgIpc) is 2.56. The van der Waals surface area contributed by atoms with Gasteiger partial charge in [-0.05, 0) is 12.5 Å². The molecular weight excluding hydrogens is 278 g/mol. The molecular formula is C18H15NO3. The summed E-state index contributed by atoms with van der Waals surface area (Å²) in [5.41, 5.74) is 1.52. The summed E-state index contributed by atoms with van der Waals surface area (Å²) in [4.78, 5) is 24.8. The van der Waals surface area contributed by atoms with Gasteiger partial charge >= 0.3 is 5.76 Å². The predicted octanol–water partition coefficient (Wildman–Crippen LogP) is 3.16. The van der Waals surface area contributed by atoms with Crippen LogP contribution >= 0.6 is 0 Å². The molecule has 1 aromatic heterocycles. The molecule has 0 aliphatic heterocycles. The van der Waals surface area contributed by atoms with Crippen LogP contribution in [0.3, 0.4) is 0 Å². The standard InChI is InChI=1S/C18H15NO3/c1-2-19-17(20)15(13-9-5-3-6-10-13)16(22-18(19)21)14-11-7-4-8-12-14/h3-12H,2H2,1H3. The van der Waals surface area contributed by atoms with Crippen LogP contribution in [-0.4, -0.2) is 4.57 Å². The highest BCUT2D eigenvalue weighted by Crippen LogP contribution is 2.27. The van der Waals surface area contributed by atoms with Crippen molar-refractivity contribution >= 4 is 0 Å². The zero-order valence-corrected chi connectivity index (χ0v) is 12.2. The Hall–Kier alpha value is -2.88. The lowest BCUT2D eigenvalue weighted by atomic mass is 10.0. The Labute approximate surface area is 127 Å². The normalized spacial score (nSPS) is 10.6. The second kappa shape index (κ2) is 5.85. The van der Waals surface area contributed by atoms with Crippen molar-refractivity contribution in [2.24, 2.45) is 0 Å². The molecule has 0 bridgehead atoms. The molecule has 3 aromatic rings. The van der Waals surface area contributed by atoms with E-state index in [1.807, 2.05) is 60.7 Å². The second-order valence-corrected chi connectivity index (χ2v) is 4.85. The van der Waals surface area contributed by atoms with Gasteiger partial charge in [-0.15, -0.1) is 0 Å². The Morgan fingerprint density at radius 2 is 1.41 bits per heavy atom. The lowest BCUT2D eigenvalue weighted by Crippen LogP contribution is -2.33. The Balaban J connectivity index is 2.40. The third kappa shape index (κ3) is 2.39. The third-order valence-corrected chi connectivity index (χ3v) is 3.51. The molecule has 0 atom stereocenters. The lowest BCUT2D eigenvalue weighted by Gasteiger charge is -2.10. The van der Waals surface area contributed by atoms with Crippen molar-refractivity contribution < 1.29 is 4.42 Å². The monoisotopic (exact) mass is 293 g/mol. The highest BCUT2D eigenvalue weighted by molar-refractivity contribution is 5.78. The summed E-state index contributed by atoms with van der Waals surface area (Å²) >= 11 is 0. The van der Waals surface area contributed by atoms with E-state index >= 15 is 0 Å². The number of benzene rings is 2. The topological polar surface area (TPSA) is 52.2 Å². The van der Waals surface area contributed by atoms with E-state index in [1.54, 1.807) is 6.92 Å². The fourth-order valence-corrected chi connectivity index (χ4v) is 2.43. The van der Waals surface area contributed by atoms with Gasteiger partial charge in [0.2, 0.25) is 0 Å². The predicted molar refractivity (Wildman–Crippen MR) is 85.8 cm³/mol. The van der Waals surface area contributed by atoms with E-state index in [4.69, 9.17) is 4.42 Å². The molecule has 0 saturated heterocycles. The average molecular weight is 293 g/mol.